The van der Waals surface area contributed by atoms with Gasteiger partial charge in [-0.3, -0.25) is 4.79 Å². The van der Waals surface area contributed by atoms with E-state index < -0.39 is 5.97 Å². The topological polar surface area (TPSA) is 116 Å². The molecule has 0 fully saturated rings. The van der Waals surface area contributed by atoms with Gasteiger partial charge in [-0.05, 0) is 35.4 Å². The number of ether oxygens (including phenoxy) is 1. The van der Waals surface area contributed by atoms with Crippen LogP contribution >= 0.6 is 0 Å². The first-order valence-corrected chi connectivity index (χ1v) is 5.66. The molecule has 2 aromatic carbocycles. The van der Waals surface area contributed by atoms with Gasteiger partial charge in [0.25, 0.3) is 6.47 Å². The minimum absolute atomic E-state index is 0.0113. The van der Waals surface area contributed by atoms with Gasteiger partial charge in [0.05, 0.1) is 11.3 Å². The lowest BCUT2D eigenvalue weighted by atomic mass is 10.0. The number of hydrogen-bond acceptors (Lipinski definition) is 5. The smallest absolute Gasteiger partial charge is 0.337 e. The van der Waals surface area contributed by atoms with Crippen molar-refractivity contribution in [2.45, 2.75) is 0 Å². The third-order valence-electron chi connectivity index (χ3n) is 2.81. The van der Waals surface area contributed by atoms with E-state index in [0.717, 1.165) is 0 Å². The lowest BCUT2D eigenvalue weighted by molar-refractivity contribution is -0.120. The number of benzene rings is 2. The predicted molar refractivity (Wildman–Crippen MR) is 74.4 cm³/mol. The number of nitrogens with two attached hydrogens (primary N) is 2. The number of nitrogen functional groups attached to an aromatic ring is 2. The van der Waals surface area contributed by atoms with E-state index in [-0.39, 0.29) is 23.5 Å². The predicted octanol–water partition coefficient (Wildman–Crippen LogP) is 1.75. The molecule has 2 aromatic rings. The Balaban J connectivity index is 2.51. The minimum atomic E-state index is -1.11. The fourth-order valence-electron chi connectivity index (χ4n) is 1.79. The first-order valence-electron chi connectivity index (χ1n) is 5.66. The Bertz CT molecular complexity index is 683. The Kier molecular flexibility index (Phi) is 3.56. The molecule has 0 unspecified atom stereocenters. The molecule has 2 rings (SSSR count). The van der Waals surface area contributed by atoms with Gasteiger partial charge in [-0.25, -0.2) is 4.79 Å². The summed E-state index contributed by atoms with van der Waals surface area (Å²) in [6, 6.07) is 9.47. The summed E-state index contributed by atoms with van der Waals surface area (Å²) in [7, 11) is 0. The molecule has 0 bridgehead atoms. The van der Waals surface area contributed by atoms with Gasteiger partial charge in [-0.2, -0.15) is 0 Å². The zero-order chi connectivity index (χ0) is 14.7. The van der Waals surface area contributed by atoms with Crippen molar-refractivity contribution in [1.82, 2.24) is 0 Å². The van der Waals surface area contributed by atoms with Crippen LogP contribution in [0, 0.1) is 0 Å². The van der Waals surface area contributed by atoms with Crippen LogP contribution in [0.5, 0.6) is 5.75 Å². The van der Waals surface area contributed by atoms with Gasteiger partial charge in [0.2, 0.25) is 0 Å². The third kappa shape index (κ3) is 2.54. The summed E-state index contributed by atoms with van der Waals surface area (Å²) in [6.45, 7) is 0.279. The Hall–Kier alpha value is -3.02. The fourth-order valence-corrected chi connectivity index (χ4v) is 1.79. The van der Waals surface area contributed by atoms with E-state index in [9.17, 15) is 9.59 Å². The van der Waals surface area contributed by atoms with Gasteiger partial charge in [-0.15, -0.1) is 0 Å². The van der Waals surface area contributed by atoms with Crippen molar-refractivity contribution in [3.63, 3.8) is 0 Å². The lowest BCUT2D eigenvalue weighted by Gasteiger charge is -2.08. The van der Waals surface area contributed by atoms with Gasteiger partial charge in [0, 0.05) is 5.69 Å². The molecule has 0 saturated heterocycles. The van der Waals surface area contributed by atoms with E-state index in [1.54, 1.807) is 24.3 Å². The van der Waals surface area contributed by atoms with Crippen LogP contribution in [0.25, 0.3) is 11.1 Å². The van der Waals surface area contributed by atoms with Crippen molar-refractivity contribution in [2.24, 2.45) is 0 Å². The number of carboxylic acids is 1. The summed E-state index contributed by atoms with van der Waals surface area (Å²) in [4.78, 5) is 21.4. The maximum absolute atomic E-state index is 11.1. The largest absolute Gasteiger partial charge is 0.478 e. The second-order valence-electron chi connectivity index (χ2n) is 4.07. The molecule has 0 aliphatic rings. The SMILES string of the molecule is Nc1ccc(-c2ccc(N)c(C(=O)O)c2)cc1OC=O. The van der Waals surface area contributed by atoms with Gasteiger partial charge >= 0.3 is 5.97 Å². The van der Waals surface area contributed by atoms with Crippen LogP contribution in [-0.2, 0) is 4.79 Å². The summed E-state index contributed by atoms with van der Waals surface area (Å²) in [5.74, 6) is -0.893. The van der Waals surface area contributed by atoms with E-state index in [2.05, 4.69) is 0 Å². The summed E-state index contributed by atoms with van der Waals surface area (Å²) in [5, 5.41) is 9.05. The van der Waals surface area contributed by atoms with Crippen molar-refractivity contribution < 1.29 is 19.4 Å². The number of carboxylic acid groups (broad SMARTS) is 1. The van der Waals surface area contributed by atoms with Crippen molar-refractivity contribution in [3.8, 4) is 16.9 Å². The zero-order valence-electron chi connectivity index (χ0n) is 10.4. The molecule has 5 N–H and O–H groups in total. The molecule has 0 aromatic heterocycles. The van der Waals surface area contributed by atoms with E-state index in [4.69, 9.17) is 21.3 Å². The van der Waals surface area contributed by atoms with Crippen LogP contribution in [0.2, 0.25) is 0 Å². The van der Waals surface area contributed by atoms with Gasteiger partial charge in [0.1, 0.15) is 0 Å². The molecule has 0 radical (unpaired) electrons. The molecule has 0 amide bonds. The van der Waals surface area contributed by atoms with Crippen LogP contribution in [0.3, 0.4) is 0 Å². The van der Waals surface area contributed by atoms with Gasteiger partial charge < -0.3 is 21.3 Å². The molecule has 0 aliphatic carbocycles. The van der Waals surface area contributed by atoms with Gasteiger partial charge in [0.15, 0.2) is 5.75 Å². The Morgan fingerprint density at radius 2 is 1.65 bits per heavy atom. The first kappa shape index (κ1) is 13.4. The average Bonchev–Trinajstić information content (AvgIpc) is 2.42. The van der Waals surface area contributed by atoms with E-state index in [1.165, 1.54) is 12.1 Å². The Morgan fingerprint density at radius 1 is 1.05 bits per heavy atom. The van der Waals surface area contributed by atoms with Crippen molar-refractivity contribution in [3.05, 3.63) is 42.0 Å². The second kappa shape index (κ2) is 5.31. The molecular weight excluding hydrogens is 260 g/mol. The molecule has 0 spiro atoms. The Labute approximate surface area is 114 Å². The maximum atomic E-state index is 11.1. The highest BCUT2D eigenvalue weighted by atomic mass is 16.5. The molecule has 0 heterocycles. The minimum Gasteiger partial charge on any atom is -0.478 e. The fraction of sp³-hybridized carbons (Fsp3) is 0. The summed E-state index contributed by atoms with van der Waals surface area (Å²) < 4.78 is 4.75. The van der Waals surface area contributed by atoms with Crippen LogP contribution in [0.1, 0.15) is 10.4 Å². The lowest BCUT2D eigenvalue weighted by Crippen LogP contribution is -2.02. The highest BCUT2D eigenvalue weighted by molar-refractivity contribution is 5.95. The molecule has 0 saturated carbocycles. The number of carbonyl (C=O) groups is 2. The number of aromatic carboxylic acids is 1. The summed E-state index contributed by atoms with van der Waals surface area (Å²) in [6.07, 6.45) is 0. The van der Waals surface area contributed by atoms with E-state index in [0.29, 0.717) is 16.8 Å². The summed E-state index contributed by atoms with van der Waals surface area (Å²) in [5.41, 5.74) is 13.1. The molecule has 20 heavy (non-hydrogen) atoms. The molecule has 6 nitrogen and oxygen atoms in total. The molecule has 102 valence electrons. The van der Waals surface area contributed by atoms with Crippen molar-refractivity contribution >= 4 is 23.8 Å². The van der Waals surface area contributed by atoms with E-state index in [1.807, 2.05) is 0 Å². The van der Waals surface area contributed by atoms with Crippen molar-refractivity contribution in [2.75, 3.05) is 11.5 Å². The van der Waals surface area contributed by atoms with Crippen LogP contribution in [-0.4, -0.2) is 17.5 Å². The first-order chi connectivity index (χ1) is 9.52. The Morgan fingerprint density at radius 3 is 2.25 bits per heavy atom. The number of hydrogen-bond donors (Lipinski definition) is 3. The molecule has 6 heteroatoms. The number of rotatable bonds is 4. The van der Waals surface area contributed by atoms with Crippen LogP contribution in [0.15, 0.2) is 36.4 Å². The highest BCUT2D eigenvalue weighted by Gasteiger charge is 2.11. The molecular formula is C14H12N2O4. The second-order valence-corrected chi connectivity index (χ2v) is 4.07. The normalized spacial score (nSPS) is 10.0. The maximum Gasteiger partial charge on any atom is 0.337 e. The molecule has 0 atom stereocenters. The van der Waals surface area contributed by atoms with Gasteiger partial charge in [-0.1, -0.05) is 12.1 Å². The zero-order valence-corrected chi connectivity index (χ0v) is 10.4. The highest BCUT2D eigenvalue weighted by Crippen LogP contribution is 2.30. The summed E-state index contributed by atoms with van der Waals surface area (Å²) >= 11 is 0. The van der Waals surface area contributed by atoms with Crippen LogP contribution in [0.4, 0.5) is 11.4 Å². The third-order valence-corrected chi connectivity index (χ3v) is 2.81. The van der Waals surface area contributed by atoms with Crippen molar-refractivity contribution in [1.29, 1.82) is 0 Å². The van der Waals surface area contributed by atoms with E-state index >= 15 is 0 Å². The average molecular weight is 272 g/mol. The van der Waals surface area contributed by atoms with Crippen LogP contribution < -0.4 is 16.2 Å². The quantitative estimate of drug-likeness (QED) is 0.576. The number of carbonyl (C=O) groups excluding carboxylic acids is 1. The number of anilines is 2. The monoisotopic (exact) mass is 272 g/mol. The molecule has 0 aliphatic heterocycles. The standard InChI is InChI=1S/C14H12N2O4/c15-11-3-1-8(5-10(11)14(18)19)9-2-4-12(16)13(6-9)20-7-17/h1-7H,15-16H2,(H,18,19).